The van der Waals surface area contributed by atoms with Crippen molar-refractivity contribution in [1.82, 2.24) is 4.98 Å². The zero-order valence-corrected chi connectivity index (χ0v) is 8.24. The van der Waals surface area contributed by atoms with Crippen LogP contribution < -0.4 is 4.74 Å². The van der Waals surface area contributed by atoms with Gasteiger partial charge < -0.3 is 9.84 Å². The molecule has 6 heteroatoms. The molecule has 0 saturated heterocycles. The molecule has 0 saturated carbocycles. The van der Waals surface area contributed by atoms with Crippen molar-refractivity contribution in [1.29, 1.82) is 0 Å². The first-order chi connectivity index (χ1) is 6.20. The Morgan fingerprint density at radius 1 is 1.62 bits per heavy atom. The number of carboxylic acid groups (broad SMARTS) is 1. The summed E-state index contributed by atoms with van der Waals surface area (Å²) < 4.78 is 5.78. The van der Waals surface area contributed by atoms with E-state index in [1.807, 2.05) is 0 Å². The van der Waals surface area contributed by atoms with Gasteiger partial charge in [-0.25, -0.2) is 4.79 Å². The number of thiophene rings is 1. The normalized spacial score (nSPS) is 10.5. The molecule has 0 spiro atoms. The first kappa shape index (κ1) is 8.46. The Morgan fingerprint density at radius 2 is 2.38 bits per heavy atom. The number of methoxy groups -OCH3 is 1. The predicted octanol–water partition coefficient (Wildman–Crippen LogP) is 2.06. The van der Waals surface area contributed by atoms with E-state index < -0.39 is 5.97 Å². The van der Waals surface area contributed by atoms with Crippen LogP contribution in [0.3, 0.4) is 0 Å². The lowest BCUT2D eigenvalue weighted by Gasteiger charge is -1.86. The van der Waals surface area contributed by atoms with Crippen LogP contribution in [0.25, 0.3) is 9.53 Å². The molecule has 2 aromatic heterocycles. The average molecular weight is 215 g/mol. The molecule has 0 radical (unpaired) electrons. The van der Waals surface area contributed by atoms with E-state index in [2.05, 4.69) is 4.98 Å². The monoisotopic (exact) mass is 215 g/mol. The molecule has 4 nitrogen and oxygen atoms in total. The maximum absolute atomic E-state index is 10.6. The van der Waals surface area contributed by atoms with Crippen molar-refractivity contribution >= 4 is 38.2 Å². The van der Waals surface area contributed by atoms with E-state index in [0.717, 1.165) is 20.9 Å². The number of carbonyl (C=O) groups is 1. The summed E-state index contributed by atoms with van der Waals surface area (Å²) in [5, 5.41) is 9.25. The summed E-state index contributed by atoms with van der Waals surface area (Å²) in [6, 6.07) is 1.61. The third-order valence-corrected chi connectivity index (χ3v) is 3.56. The van der Waals surface area contributed by atoms with Crippen molar-refractivity contribution in [2.24, 2.45) is 0 Å². The van der Waals surface area contributed by atoms with Crippen LogP contribution in [-0.2, 0) is 0 Å². The summed E-state index contributed by atoms with van der Waals surface area (Å²) in [5.41, 5.74) is 0. The van der Waals surface area contributed by atoms with Crippen molar-refractivity contribution in [3.8, 4) is 5.19 Å². The highest BCUT2D eigenvalue weighted by Crippen LogP contribution is 2.33. The summed E-state index contributed by atoms with van der Waals surface area (Å²) in [6.45, 7) is 0. The molecule has 0 amide bonds. The number of carboxylic acids is 1. The number of rotatable bonds is 2. The lowest BCUT2D eigenvalue weighted by molar-refractivity contribution is 0.0702. The van der Waals surface area contributed by atoms with Crippen LogP contribution in [-0.4, -0.2) is 23.2 Å². The summed E-state index contributed by atoms with van der Waals surface area (Å²) in [4.78, 5) is 15.7. The predicted molar refractivity (Wildman–Crippen MR) is 51.0 cm³/mol. The topological polar surface area (TPSA) is 59.4 Å². The number of nitrogens with zero attached hydrogens (tertiary/aromatic N) is 1. The molecule has 0 aliphatic carbocycles. The largest absolute Gasteiger partial charge is 0.477 e. The fourth-order valence-corrected chi connectivity index (χ4v) is 2.77. The van der Waals surface area contributed by atoms with Crippen molar-refractivity contribution in [2.75, 3.05) is 7.11 Å². The van der Waals surface area contributed by atoms with Crippen LogP contribution in [0.5, 0.6) is 5.19 Å². The van der Waals surface area contributed by atoms with Crippen LogP contribution in [0.4, 0.5) is 0 Å². The highest BCUT2D eigenvalue weighted by molar-refractivity contribution is 7.28. The zero-order chi connectivity index (χ0) is 9.42. The van der Waals surface area contributed by atoms with Gasteiger partial charge in [-0.15, -0.1) is 11.3 Å². The third-order valence-electron chi connectivity index (χ3n) is 1.46. The van der Waals surface area contributed by atoms with E-state index in [0.29, 0.717) is 10.1 Å². The second kappa shape index (κ2) is 2.97. The number of ether oxygens (including phenoxy) is 1. The van der Waals surface area contributed by atoms with Gasteiger partial charge in [0.1, 0.15) is 9.71 Å². The molecular formula is C7H5NO3S2. The van der Waals surface area contributed by atoms with Crippen molar-refractivity contribution in [2.45, 2.75) is 0 Å². The van der Waals surface area contributed by atoms with E-state index in [4.69, 9.17) is 9.84 Å². The second-order valence-corrected chi connectivity index (χ2v) is 4.29. The molecule has 68 valence electrons. The molecule has 0 fully saturated rings. The summed E-state index contributed by atoms with van der Waals surface area (Å²) in [7, 11) is 1.54. The van der Waals surface area contributed by atoms with Gasteiger partial charge >= 0.3 is 5.97 Å². The van der Waals surface area contributed by atoms with Crippen LogP contribution in [0.2, 0.25) is 0 Å². The molecular weight excluding hydrogens is 210 g/mol. The van der Waals surface area contributed by atoms with Gasteiger partial charge in [0.2, 0.25) is 0 Å². The molecule has 2 rings (SSSR count). The van der Waals surface area contributed by atoms with Gasteiger partial charge in [-0.05, 0) is 6.07 Å². The van der Waals surface area contributed by atoms with Crippen LogP contribution in [0, 0.1) is 0 Å². The van der Waals surface area contributed by atoms with E-state index >= 15 is 0 Å². The zero-order valence-electron chi connectivity index (χ0n) is 6.60. The molecule has 0 aliphatic heterocycles. The third kappa shape index (κ3) is 1.38. The number of aromatic carboxylic acids is 1. The Morgan fingerprint density at radius 3 is 2.92 bits per heavy atom. The molecule has 0 aromatic carbocycles. The van der Waals surface area contributed by atoms with Crippen molar-refractivity contribution < 1.29 is 14.6 Å². The Kier molecular flexibility index (Phi) is 1.93. The molecule has 0 aliphatic rings. The van der Waals surface area contributed by atoms with Gasteiger partial charge in [0.05, 0.1) is 11.8 Å². The SMILES string of the molecule is COc1nc2sc(C(=O)O)cc2s1. The quantitative estimate of drug-likeness (QED) is 0.833. The highest BCUT2D eigenvalue weighted by atomic mass is 32.1. The first-order valence-corrected chi connectivity index (χ1v) is 5.01. The van der Waals surface area contributed by atoms with Gasteiger partial charge in [-0.1, -0.05) is 11.3 Å². The molecule has 2 aromatic rings. The standard InChI is InChI=1S/C7H5NO3S2/c1-11-7-8-5-3(13-7)2-4(12-5)6(9)10/h2H,1H3,(H,9,10). The van der Waals surface area contributed by atoms with Crippen molar-refractivity contribution in [3.63, 3.8) is 0 Å². The minimum absolute atomic E-state index is 0.316. The number of fused-ring (bicyclic) bond motifs is 1. The summed E-state index contributed by atoms with van der Waals surface area (Å²) >= 11 is 2.51. The van der Waals surface area contributed by atoms with Crippen LogP contribution in [0.1, 0.15) is 9.67 Å². The molecule has 13 heavy (non-hydrogen) atoms. The molecule has 0 unspecified atom stereocenters. The van der Waals surface area contributed by atoms with Gasteiger partial charge in [-0.2, -0.15) is 4.98 Å². The number of aromatic nitrogens is 1. The van der Waals surface area contributed by atoms with Gasteiger partial charge in [0.25, 0.3) is 5.19 Å². The molecule has 0 bridgehead atoms. The van der Waals surface area contributed by atoms with Crippen molar-refractivity contribution in [3.05, 3.63) is 10.9 Å². The number of hydrogen-bond donors (Lipinski definition) is 1. The minimum atomic E-state index is -0.908. The van der Waals surface area contributed by atoms with Gasteiger partial charge in [0, 0.05) is 0 Å². The molecule has 2 heterocycles. The Bertz CT molecular complexity index is 428. The maximum atomic E-state index is 10.6. The summed E-state index contributed by atoms with van der Waals surface area (Å²) in [5.74, 6) is -0.908. The first-order valence-electron chi connectivity index (χ1n) is 3.38. The van der Waals surface area contributed by atoms with Gasteiger partial charge in [0.15, 0.2) is 0 Å². The number of thiazole rings is 1. The fraction of sp³-hybridized carbons (Fsp3) is 0.143. The van der Waals surface area contributed by atoms with E-state index in [1.165, 1.54) is 11.3 Å². The summed E-state index contributed by atoms with van der Waals surface area (Å²) in [6.07, 6.45) is 0. The Hall–Kier alpha value is -1.14. The Labute approximate surface area is 81.4 Å². The lowest BCUT2D eigenvalue weighted by atomic mass is 10.5. The number of hydrogen-bond acceptors (Lipinski definition) is 5. The van der Waals surface area contributed by atoms with Crippen LogP contribution >= 0.6 is 22.7 Å². The average Bonchev–Trinajstić information content (AvgIpc) is 2.58. The van der Waals surface area contributed by atoms with Crippen LogP contribution in [0.15, 0.2) is 6.07 Å². The second-order valence-electron chi connectivity index (χ2n) is 2.27. The smallest absolute Gasteiger partial charge is 0.345 e. The molecule has 1 N–H and O–H groups in total. The highest BCUT2D eigenvalue weighted by Gasteiger charge is 2.12. The van der Waals surface area contributed by atoms with E-state index in [9.17, 15) is 4.79 Å². The van der Waals surface area contributed by atoms with E-state index in [-0.39, 0.29) is 0 Å². The lowest BCUT2D eigenvalue weighted by Crippen LogP contribution is -1.89. The Balaban J connectivity index is 2.54. The van der Waals surface area contributed by atoms with E-state index in [1.54, 1.807) is 13.2 Å². The van der Waals surface area contributed by atoms with Gasteiger partial charge in [-0.3, -0.25) is 0 Å². The maximum Gasteiger partial charge on any atom is 0.345 e. The fourth-order valence-electron chi connectivity index (χ4n) is 0.908. The minimum Gasteiger partial charge on any atom is -0.477 e. The molecule has 0 atom stereocenters.